The largest absolute Gasteiger partial charge is 0.368 e. The van der Waals surface area contributed by atoms with Crippen molar-refractivity contribution in [3.05, 3.63) is 65.0 Å². The van der Waals surface area contributed by atoms with Crippen LogP contribution in [0.15, 0.2) is 42.5 Å². The first-order valence-corrected chi connectivity index (χ1v) is 7.34. The maximum atomic E-state index is 14.0. The first-order chi connectivity index (χ1) is 9.13. The van der Waals surface area contributed by atoms with Gasteiger partial charge in [0.15, 0.2) is 0 Å². The molecule has 0 saturated heterocycles. The van der Waals surface area contributed by atoms with Gasteiger partial charge in [0, 0.05) is 18.9 Å². The van der Waals surface area contributed by atoms with Gasteiger partial charge in [0.2, 0.25) is 0 Å². The van der Waals surface area contributed by atoms with E-state index >= 15 is 0 Å². The molecule has 0 aliphatic heterocycles. The van der Waals surface area contributed by atoms with Gasteiger partial charge >= 0.3 is 0 Å². The summed E-state index contributed by atoms with van der Waals surface area (Å²) in [6.45, 7) is 2.78. The number of halogens is 2. The van der Waals surface area contributed by atoms with Gasteiger partial charge in [-0.15, -0.1) is 0 Å². The van der Waals surface area contributed by atoms with Crippen molar-refractivity contribution in [2.45, 2.75) is 18.8 Å². The van der Waals surface area contributed by atoms with Crippen LogP contribution in [0, 0.1) is 12.7 Å². The molecule has 0 spiro atoms. The van der Waals surface area contributed by atoms with Crippen molar-refractivity contribution in [2.75, 3.05) is 11.9 Å². The Hall–Kier alpha value is -1.35. The second-order valence-corrected chi connectivity index (χ2v) is 5.22. The zero-order chi connectivity index (χ0) is 13.8. The molecule has 0 saturated carbocycles. The molecule has 0 unspecified atom stereocenters. The van der Waals surface area contributed by atoms with Gasteiger partial charge in [-0.05, 0) is 29.7 Å². The summed E-state index contributed by atoms with van der Waals surface area (Å²) < 4.78 is 14.0. The zero-order valence-electron chi connectivity index (χ0n) is 11.2. The summed E-state index contributed by atoms with van der Waals surface area (Å²) >= 11 is 3.42. The van der Waals surface area contributed by atoms with E-state index in [-0.39, 0.29) is 5.82 Å². The predicted molar refractivity (Wildman–Crippen MR) is 82.3 cm³/mol. The average molecular weight is 322 g/mol. The second kappa shape index (κ2) is 6.20. The second-order valence-electron chi connectivity index (χ2n) is 4.66. The number of anilines is 1. The minimum Gasteiger partial charge on any atom is -0.368 e. The van der Waals surface area contributed by atoms with Gasteiger partial charge in [-0.2, -0.15) is 0 Å². The minimum atomic E-state index is -0.173. The van der Waals surface area contributed by atoms with Gasteiger partial charge in [-0.25, -0.2) is 4.39 Å². The van der Waals surface area contributed by atoms with Crippen molar-refractivity contribution in [2.24, 2.45) is 0 Å². The standard InChI is InChI=1S/C16H17BrFN/c1-12-6-3-4-7-14(12)11-19(2)16-13(10-17)8-5-9-15(16)18/h3-9H,10-11H2,1-2H3. The van der Waals surface area contributed by atoms with Crippen LogP contribution < -0.4 is 4.90 Å². The summed E-state index contributed by atoms with van der Waals surface area (Å²) in [5.74, 6) is -0.173. The Kier molecular flexibility index (Phi) is 4.59. The molecule has 0 atom stereocenters. The molecule has 0 fully saturated rings. The maximum absolute atomic E-state index is 14.0. The molecule has 19 heavy (non-hydrogen) atoms. The molecule has 1 nitrogen and oxygen atoms in total. The van der Waals surface area contributed by atoms with E-state index in [0.717, 1.165) is 5.56 Å². The lowest BCUT2D eigenvalue weighted by Crippen LogP contribution is -2.19. The van der Waals surface area contributed by atoms with Crippen molar-refractivity contribution < 1.29 is 4.39 Å². The molecular formula is C16H17BrFN. The molecule has 2 aromatic rings. The summed E-state index contributed by atoms with van der Waals surface area (Å²) in [5.41, 5.74) is 4.08. The lowest BCUT2D eigenvalue weighted by molar-refractivity contribution is 0.620. The van der Waals surface area contributed by atoms with Crippen molar-refractivity contribution in [3.63, 3.8) is 0 Å². The molecule has 3 heteroatoms. The lowest BCUT2D eigenvalue weighted by atomic mass is 10.1. The number of benzene rings is 2. The van der Waals surface area contributed by atoms with Crippen LogP contribution in [-0.4, -0.2) is 7.05 Å². The fraction of sp³-hybridized carbons (Fsp3) is 0.250. The summed E-state index contributed by atoms with van der Waals surface area (Å²) in [6.07, 6.45) is 0. The van der Waals surface area contributed by atoms with Crippen LogP contribution in [-0.2, 0) is 11.9 Å². The maximum Gasteiger partial charge on any atom is 0.146 e. The Bertz CT molecular complexity index is 568. The number of para-hydroxylation sites is 1. The van der Waals surface area contributed by atoms with Crippen LogP contribution in [0.4, 0.5) is 10.1 Å². The van der Waals surface area contributed by atoms with Crippen LogP contribution in [0.1, 0.15) is 16.7 Å². The van der Waals surface area contributed by atoms with Crippen molar-refractivity contribution in [1.29, 1.82) is 0 Å². The van der Waals surface area contributed by atoms with Crippen molar-refractivity contribution >= 4 is 21.6 Å². The monoisotopic (exact) mass is 321 g/mol. The molecule has 0 aliphatic rings. The number of alkyl halides is 1. The van der Waals surface area contributed by atoms with Gasteiger partial charge in [0.25, 0.3) is 0 Å². The molecule has 0 heterocycles. The van der Waals surface area contributed by atoms with E-state index in [1.165, 1.54) is 17.2 Å². The summed E-state index contributed by atoms with van der Waals surface area (Å²) in [4.78, 5) is 1.97. The van der Waals surface area contributed by atoms with Crippen LogP contribution >= 0.6 is 15.9 Å². The number of aryl methyl sites for hydroxylation is 1. The molecule has 0 amide bonds. The van der Waals surface area contributed by atoms with Gasteiger partial charge in [0.1, 0.15) is 5.82 Å². The van der Waals surface area contributed by atoms with E-state index in [4.69, 9.17) is 0 Å². The number of hydrogen-bond donors (Lipinski definition) is 0. The average Bonchev–Trinajstić information content (AvgIpc) is 2.40. The van der Waals surface area contributed by atoms with E-state index in [9.17, 15) is 4.39 Å². The Labute approximate surface area is 122 Å². The van der Waals surface area contributed by atoms with Gasteiger partial charge < -0.3 is 4.90 Å². The van der Waals surface area contributed by atoms with Crippen molar-refractivity contribution in [3.8, 4) is 0 Å². The van der Waals surface area contributed by atoms with E-state index in [0.29, 0.717) is 17.6 Å². The van der Waals surface area contributed by atoms with Crippen LogP contribution in [0.25, 0.3) is 0 Å². The molecule has 100 valence electrons. The first kappa shape index (κ1) is 14.1. The smallest absolute Gasteiger partial charge is 0.146 e. The topological polar surface area (TPSA) is 3.24 Å². The minimum absolute atomic E-state index is 0.173. The highest BCUT2D eigenvalue weighted by molar-refractivity contribution is 9.08. The van der Waals surface area contributed by atoms with Crippen LogP contribution in [0.5, 0.6) is 0 Å². The summed E-state index contributed by atoms with van der Waals surface area (Å²) in [7, 11) is 1.93. The highest BCUT2D eigenvalue weighted by Crippen LogP contribution is 2.27. The van der Waals surface area contributed by atoms with Crippen LogP contribution in [0.3, 0.4) is 0 Å². The summed E-state index contributed by atoms with van der Waals surface area (Å²) in [5, 5.41) is 0.651. The molecule has 2 rings (SSSR count). The number of rotatable bonds is 4. The quantitative estimate of drug-likeness (QED) is 0.740. The lowest BCUT2D eigenvalue weighted by Gasteiger charge is -2.23. The molecule has 0 N–H and O–H groups in total. The number of nitrogens with zero attached hydrogens (tertiary/aromatic N) is 1. The Morgan fingerprint density at radius 3 is 2.42 bits per heavy atom. The highest BCUT2D eigenvalue weighted by atomic mass is 79.9. The van der Waals surface area contributed by atoms with E-state index in [1.54, 1.807) is 6.07 Å². The molecule has 0 aliphatic carbocycles. The zero-order valence-corrected chi connectivity index (χ0v) is 12.7. The molecule has 0 radical (unpaired) electrons. The third-order valence-electron chi connectivity index (χ3n) is 3.26. The van der Waals surface area contributed by atoms with Gasteiger partial charge in [-0.1, -0.05) is 52.3 Å². The van der Waals surface area contributed by atoms with Crippen molar-refractivity contribution in [1.82, 2.24) is 0 Å². The first-order valence-electron chi connectivity index (χ1n) is 6.22. The summed E-state index contributed by atoms with van der Waals surface area (Å²) in [6, 6.07) is 13.4. The van der Waals surface area contributed by atoms with Gasteiger partial charge in [0.05, 0.1) is 5.69 Å². The Balaban J connectivity index is 2.30. The van der Waals surface area contributed by atoms with E-state index in [2.05, 4.69) is 35.0 Å². The SMILES string of the molecule is Cc1ccccc1CN(C)c1c(F)cccc1CBr. The fourth-order valence-electron chi connectivity index (χ4n) is 2.22. The molecule has 0 bridgehead atoms. The Morgan fingerprint density at radius 2 is 1.74 bits per heavy atom. The van der Waals surface area contributed by atoms with E-state index < -0.39 is 0 Å². The molecule has 0 aromatic heterocycles. The Morgan fingerprint density at radius 1 is 1.05 bits per heavy atom. The van der Waals surface area contributed by atoms with Crippen LogP contribution in [0.2, 0.25) is 0 Å². The van der Waals surface area contributed by atoms with Gasteiger partial charge in [-0.3, -0.25) is 0 Å². The normalized spacial score (nSPS) is 10.5. The predicted octanol–water partition coefficient (Wildman–Crippen LogP) is 4.67. The number of hydrogen-bond acceptors (Lipinski definition) is 1. The fourth-order valence-corrected chi connectivity index (χ4v) is 2.67. The third kappa shape index (κ3) is 3.16. The molecular weight excluding hydrogens is 305 g/mol. The molecule has 2 aromatic carbocycles. The highest BCUT2D eigenvalue weighted by Gasteiger charge is 2.13. The third-order valence-corrected chi connectivity index (χ3v) is 3.87. The van der Waals surface area contributed by atoms with E-state index in [1.807, 2.05) is 30.1 Å².